The zero-order chi connectivity index (χ0) is 8.27. The molecule has 0 fully saturated rings. The molecule has 0 aliphatic carbocycles. The lowest BCUT2D eigenvalue weighted by Gasteiger charge is -1.99. The summed E-state index contributed by atoms with van der Waals surface area (Å²) in [7, 11) is 0. The third-order valence-corrected chi connectivity index (χ3v) is 1.11. The first kappa shape index (κ1) is 7.72. The van der Waals surface area contributed by atoms with Crippen molar-refractivity contribution in [1.82, 2.24) is 4.98 Å². The summed E-state index contributed by atoms with van der Waals surface area (Å²) in [6, 6.07) is 1.76. The fraction of sp³-hybridized carbons (Fsp3) is 0.250. The molecule has 3 heteroatoms. The van der Waals surface area contributed by atoms with Crippen LogP contribution < -0.4 is 4.74 Å². The third kappa shape index (κ3) is 2.37. The number of carbonyl (C=O) groups excluding carboxylic acids is 1. The molecule has 1 heterocycles. The van der Waals surface area contributed by atoms with Crippen molar-refractivity contribution in [3.05, 3.63) is 24.0 Å². The maximum Gasteiger partial charge on any atom is 0.308 e. The Balaban J connectivity index is 2.79. The lowest BCUT2D eigenvalue weighted by Crippen LogP contribution is -2.01. The minimum Gasteiger partial charge on any atom is -0.425 e. The molecule has 0 spiro atoms. The molecule has 0 unspecified atom stereocenters. The number of nitrogens with zero attached hydrogens (tertiary/aromatic N) is 1. The summed E-state index contributed by atoms with van der Waals surface area (Å²) in [5.41, 5.74) is 0.976. The van der Waals surface area contributed by atoms with Gasteiger partial charge in [0.2, 0.25) is 0 Å². The molecule has 0 radical (unpaired) electrons. The number of esters is 1. The van der Waals surface area contributed by atoms with E-state index in [0.717, 1.165) is 5.56 Å². The molecule has 0 saturated carbocycles. The zero-order valence-electron chi connectivity index (χ0n) is 6.50. The molecule has 0 aliphatic heterocycles. The Labute approximate surface area is 65.0 Å². The van der Waals surface area contributed by atoms with Gasteiger partial charge in [-0.3, -0.25) is 9.78 Å². The summed E-state index contributed by atoms with van der Waals surface area (Å²) < 4.78 is 4.79. The second-order valence-corrected chi connectivity index (χ2v) is 2.29. The van der Waals surface area contributed by atoms with E-state index in [4.69, 9.17) is 4.74 Å². The van der Waals surface area contributed by atoms with E-state index < -0.39 is 0 Å². The number of pyridine rings is 1. The summed E-state index contributed by atoms with van der Waals surface area (Å²) in [5, 5.41) is 0. The smallest absolute Gasteiger partial charge is 0.308 e. The molecule has 0 bridgehead atoms. The Morgan fingerprint density at radius 3 is 2.82 bits per heavy atom. The van der Waals surface area contributed by atoms with Crippen LogP contribution in [-0.4, -0.2) is 11.0 Å². The van der Waals surface area contributed by atoms with Gasteiger partial charge in [-0.2, -0.15) is 0 Å². The summed E-state index contributed by atoms with van der Waals surface area (Å²) in [6.07, 6.45) is 3.21. The van der Waals surface area contributed by atoms with Gasteiger partial charge in [-0.1, -0.05) is 0 Å². The number of ether oxygens (including phenoxy) is 1. The predicted molar refractivity (Wildman–Crippen MR) is 40.3 cm³/mol. The number of aromatic nitrogens is 1. The van der Waals surface area contributed by atoms with Crippen molar-refractivity contribution < 1.29 is 9.53 Å². The standard InChI is InChI=1S/C8H9NO2/c1-6-3-8(5-9-4-6)11-7(2)10/h3-5H,1-2H3. The molecule has 1 rings (SSSR count). The minimum atomic E-state index is -0.322. The quantitative estimate of drug-likeness (QED) is 0.568. The predicted octanol–water partition coefficient (Wildman–Crippen LogP) is 1.32. The fourth-order valence-corrected chi connectivity index (χ4v) is 0.749. The summed E-state index contributed by atoms with van der Waals surface area (Å²) in [5.74, 6) is 0.176. The summed E-state index contributed by atoms with van der Waals surface area (Å²) in [6.45, 7) is 3.25. The van der Waals surface area contributed by atoms with E-state index in [1.165, 1.54) is 13.1 Å². The first-order valence-electron chi connectivity index (χ1n) is 3.28. The Kier molecular flexibility index (Phi) is 2.21. The molecule has 0 N–H and O–H groups in total. The van der Waals surface area contributed by atoms with Crippen LogP contribution in [0.1, 0.15) is 12.5 Å². The Morgan fingerprint density at radius 1 is 1.55 bits per heavy atom. The second-order valence-electron chi connectivity index (χ2n) is 2.29. The second kappa shape index (κ2) is 3.14. The van der Waals surface area contributed by atoms with Crippen LogP contribution in [0.4, 0.5) is 0 Å². The first-order chi connectivity index (χ1) is 5.18. The normalized spacial score (nSPS) is 9.27. The van der Waals surface area contributed by atoms with Crippen LogP contribution in [0.2, 0.25) is 0 Å². The van der Waals surface area contributed by atoms with Crippen LogP contribution in [0.25, 0.3) is 0 Å². The molecular formula is C8H9NO2. The molecule has 0 saturated heterocycles. The van der Waals surface area contributed by atoms with Crippen LogP contribution in [0.15, 0.2) is 18.5 Å². The van der Waals surface area contributed by atoms with Gasteiger partial charge in [0, 0.05) is 13.1 Å². The molecule has 1 aromatic rings. The van der Waals surface area contributed by atoms with E-state index in [9.17, 15) is 4.79 Å². The van der Waals surface area contributed by atoms with Crippen molar-refractivity contribution in [2.75, 3.05) is 0 Å². The van der Waals surface area contributed by atoms with E-state index in [0.29, 0.717) is 5.75 Å². The van der Waals surface area contributed by atoms with Gasteiger partial charge in [-0.25, -0.2) is 0 Å². The van der Waals surface area contributed by atoms with Crippen LogP contribution in [-0.2, 0) is 4.79 Å². The maximum atomic E-state index is 10.5. The maximum absolute atomic E-state index is 10.5. The van der Waals surface area contributed by atoms with Crippen molar-refractivity contribution in [1.29, 1.82) is 0 Å². The molecule has 0 aliphatic rings. The third-order valence-electron chi connectivity index (χ3n) is 1.11. The summed E-state index contributed by atoms with van der Waals surface area (Å²) in [4.78, 5) is 14.3. The first-order valence-corrected chi connectivity index (χ1v) is 3.28. The number of hydrogen-bond donors (Lipinski definition) is 0. The molecule has 0 amide bonds. The van der Waals surface area contributed by atoms with Gasteiger partial charge in [0.05, 0.1) is 6.20 Å². The Bertz CT molecular complexity index is 271. The molecule has 0 atom stereocenters. The van der Waals surface area contributed by atoms with Gasteiger partial charge in [0.25, 0.3) is 0 Å². The monoisotopic (exact) mass is 151 g/mol. The molecule has 0 aromatic carbocycles. The Hall–Kier alpha value is -1.38. The van der Waals surface area contributed by atoms with Gasteiger partial charge < -0.3 is 4.74 Å². The van der Waals surface area contributed by atoms with E-state index in [2.05, 4.69) is 4.98 Å². The van der Waals surface area contributed by atoms with Crippen LogP contribution >= 0.6 is 0 Å². The highest BCUT2D eigenvalue weighted by Gasteiger charge is 1.96. The zero-order valence-corrected chi connectivity index (χ0v) is 6.50. The highest BCUT2D eigenvalue weighted by molar-refractivity contribution is 5.69. The van der Waals surface area contributed by atoms with Crippen LogP contribution in [0.5, 0.6) is 5.75 Å². The molecule has 58 valence electrons. The van der Waals surface area contributed by atoms with E-state index in [1.54, 1.807) is 12.3 Å². The molecular weight excluding hydrogens is 142 g/mol. The molecule has 11 heavy (non-hydrogen) atoms. The number of rotatable bonds is 1. The largest absolute Gasteiger partial charge is 0.425 e. The SMILES string of the molecule is CC(=O)Oc1cncc(C)c1. The highest BCUT2D eigenvalue weighted by Crippen LogP contribution is 2.09. The fourth-order valence-electron chi connectivity index (χ4n) is 0.749. The van der Waals surface area contributed by atoms with Crippen molar-refractivity contribution in [3.63, 3.8) is 0 Å². The van der Waals surface area contributed by atoms with Gasteiger partial charge in [0.1, 0.15) is 5.75 Å². The van der Waals surface area contributed by atoms with E-state index >= 15 is 0 Å². The van der Waals surface area contributed by atoms with Gasteiger partial charge in [-0.05, 0) is 18.6 Å². The van der Waals surface area contributed by atoms with Gasteiger partial charge in [0.15, 0.2) is 0 Å². The van der Waals surface area contributed by atoms with E-state index in [-0.39, 0.29) is 5.97 Å². The van der Waals surface area contributed by atoms with Crippen LogP contribution in [0, 0.1) is 6.92 Å². The summed E-state index contributed by atoms with van der Waals surface area (Å²) >= 11 is 0. The van der Waals surface area contributed by atoms with Gasteiger partial charge >= 0.3 is 5.97 Å². The average Bonchev–Trinajstić information content (AvgIpc) is 1.85. The number of carbonyl (C=O) groups is 1. The van der Waals surface area contributed by atoms with Crippen molar-refractivity contribution in [2.45, 2.75) is 13.8 Å². The molecule has 1 aromatic heterocycles. The average molecular weight is 151 g/mol. The number of hydrogen-bond acceptors (Lipinski definition) is 3. The lowest BCUT2D eigenvalue weighted by atomic mass is 10.3. The van der Waals surface area contributed by atoms with Crippen LogP contribution in [0.3, 0.4) is 0 Å². The highest BCUT2D eigenvalue weighted by atomic mass is 16.5. The van der Waals surface area contributed by atoms with E-state index in [1.807, 2.05) is 6.92 Å². The van der Waals surface area contributed by atoms with Gasteiger partial charge in [-0.15, -0.1) is 0 Å². The van der Waals surface area contributed by atoms with Crippen molar-refractivity contribution in [3.8, 4) is 5.75 Å². The lowest BCUT2D eigenvalue weighted by molar-refractivity contribution is -0.131. The minimum absolute atomic E-state index is 0.322. The number of aryl methyl sites for hydroxylation is 1. The van der Waals surface area contributed by atoms with Crippen molar-refractivity contribution in [2.24, 2.45) is 0 Å². The van der Waals surface area contributed by atoms with Crippen molar-refractivity contribution >= 4 is 5.97 Å². The topological polar surface area (TPSA) is 39.2 Å². The molecule has 3 nitrogen and oxygen atoms in total. The Morgan fingerprint density at radius 2 is 2.27 bits per heavy atom.